The van der Waals surface area contributed by atoms with Gasteiger partial charge in [0.15, 0.2) is 0 Å². The quantitative estimate of drug-likeness (QED) is 0.206. The second-order valence-corrected chi connectivity index (χ2v) is 11.8. The van der Waals surface area contributed by atoms with Crippen molar-refractivity contribution in [2.75, 3.05) is 0 Å². The summed E-state index contributed by atoms with van der Waals surface area (Å²) in [6, 6.07) is 56.5. The smallest absolute Gasteiger partial charge is 0.136 e. The summed E-state index contributed by atoms with van der Waals surface area (Å²) in [5, 5.41) is 7.23. The highest BCUT2D eigenvalue weighted by atomic mass is 16.3. The Kier molecular flexibility index (Phi) is 5.00. The molecule has 0 atom stereocenters. The molecule has 210 valence electrons. The molecule has 0 unspecified atom stereocenters. The van der Waals surface area contributed by atoms with E-state index in [-0.39, 0.29) is 0 Å². The molecule has 10 aromatic rings. The fourth-order valence-electron chi connectivity index (χ4n) is 7.37. The monoisotopic (exact) mass is 574 g/mol. The first kappa shape index (κ1) is 24.4. The van der Waals surface area contributed by atoms with Crippen molar-refractivity contribution in [1.82, 2.24) is 9.13 Å². The zero-order valence-electron chi connectivity index (χ0n) is 24.3. The maximum absolute atomic E-state index is 6.41. The molecule has 0 fully saturated rings. The second kappa shape index (κ2) is 9.22. The summed E-state index contributed by atoms with van der Waals surface area (Å²) in [5.41, 5.74) is 11.2. The van der Waals surface area contributed by atoms with Gasteiger partial charge in [0.1, 0.15) is 11.2 Å². The Morgan fingerprint density at radius 2 is 1.00 bits per heavy atom. The third kappa shape index (κ3) is 3.46. The van der Waals surface area contributed by atoms with Gasteiger partial charge in [-0.1, -0.05) is 97.1 Å². The predicted octanol–water partition coefficient (Wildman–Crippen LogP) is 11.4. The van der Waals surface area contributed by atoms with E-state index in [9.17, 15) is 0 Å². The van der Waals surface area contributed by atoms with Crippen LogP contribution < -0.4 is 0 Å². The van der Waals surface area contributed by atoms with Crippen LogP contribution in [0.3, 0.4) is 0 Å². The lowest BCUT2D eigenvalue weighted by atomic mass is 10.0. The lowest BCUT2D eigenvalue weighted by molar-refractivity contribution is 0.669. The van der Waals surface area contributed by atoms with Crippen LogP contribution in [0.4, 0.5) is 0 Å². The summed E-state index contributed by atoms with van der Waals surface area (Å²) in [6.07, 6.45) is 0. The van der Waals surface area contributed by atoms with Gasteiger partial charge in [-0.2, -0.15) is 0 Å². The van der Waals surface area contributed by atoms with E-state index in [2.05, 4.69) is 161 Å². The van der Waals surface area contributed by atoms with E-state index in [1.807, 2.05) is 6.07 Å². The van der Waals surface area contributed by atoms with Gasteiger partial charge in [0.2, 0.25) is 0 Å². The normalized spacial score (nSPS) is 12.0. The third-order valence-electron chi connectivity index (χ3n) is 9.29. The average Bonchev–Trinajstić information content (AvgIpc) is 3.75. The van der Waals surface area contributed by atoms with E-state index >= 15 is 0 Å². The number of para-hydroxylation sites is 3. The number of hydrogen-bond acceptors (Lipinski definition) is 1. The molecular formula is C42H26N2O. The maximum atomic E-state index is 6.41. The van der Waals surface area contributed by atoms with Crippen molar-refractivity contribution in [3.05, 3.63) is 158 Å². The summed E-state index contributed by atoms with van der Waals surface area (Å²) in [7, 11) is 0. The molecule has 7 aromatic carbocycles. The second-order valence-electron chi connectivity index (χ2n) is 11.8. The maximum Gasteiger partial charge on any atom is 0.136 e. The van der Waals surface area contributed by atoms with Crippen molar-refractivity contribution >= 4 is 65.6 Å². The van der Waals surface area contributed by atoms with Crippen LogP contribution in [-0.4, -0.2) is 9.13 Å². The number of furan rings is 1. The average molecular weight is 575 g/mol. The standard InChI is InChI=1S/C42H26N2O/c1-3-12-27(13-4-1)28-14-11-17-30(24-28)44-36-22-23-40-42(32-19-8-10-21-39(32)45-40)41(36)34-25-33-31-18-7-9-20-35(31)43(37(33)26-38(34)44)29-15-5-2-6-16-29/h1-26H. The molecular weight excluding hydrogens is 548 g/mol. The van der Waals surface area contributed by atoms with Crippen LogP contribution >= 0.6 is 0 Å². The van der Waals surface area contributed by atoms with Crippen molar-refractivity contribution < 1.29 is 4.42 Å². The summed E-state index contributed by atoms with van der Waals surface area (Å²) < 4.78 is 11.2. The van der Waals surface area contributed by atoms with E-state index in [4.69, 9.17) is 4.42 Å². The Balaban J connectivity index is 1.41. The Morgan fingerprint density at radius 1 is 0.333 bits per heavy atom. The largest absolute Gasteiger partial charge is 0.456 e. The van der Waals surface area contributed by atoms with Crippen LogP contribution in [0, 0.1) is 0 Å². The van der Waals surface area contributed by atoms with Crippen molar-refractivity contribution in [3.63, 3.8) is 0 Å². The minimum absolute atomic E-state index is 0.910. The van der Waals surface area contributed by atoms with Crippen LogP contribution in [0.1, 0.15) is 0 Å². The zero-order valence-corrected chi connectivity index (χ0v) is 24.3. The molecule has 0 aliphatic carbocycles. The Bertz CT molecular complexity index is 2740. The van der Waals surface area contributed by atoms with Crippen molar-refractivity contribution in [1.29, 1.82) is 0 Å². The van der Waals surface area contributed by atoms with E-state index < -0.39 is 0 Å². The lowest BCUT2D eigenvalue weighted by Gasteiger charge is -2.11. The summed E-state index contributed by atoms with van der Waals surface area (Å²) in [4.78, 5) is 0. The third-order valence-corrected chi connectivity index (χ3v) is 9.29. The van der Waals surface area contributed by atoms with E-state index in [0.29, 0.717) is 0 Å². The van der Waals surface area contributed by atoms with Crippen LogP contribution in [0.5, 0.6) is 0 Å². The molecule has 0 saturated carbocycles. The number of aromatic nitrogens is 2. The molecule has 0 amide bonds. The van der Waals surface area contributed by atoms with Crippen LogP contribution in [0.2, 0.25) is 0 Å². The first-order valence-corrected chi connectivity index (χ1v) is 15.4. The predicted molar refractivity (Wildman–Crippen MR) is 188 cm³/mol. The van der Waals surface area contributed by atoms with Gasteiger partial charge in [-0.25, -0.2) is 0 Å². The molecule has 3 heteroatoms. The van der Waals surface area contributed by atoms with Gasteiger partial charge in [0.05, 0.1) is 22.1 Å². The fraction of sp³-hybridized carbons (Fsp3) is 0. The van der Waals surface area contributed by atoms with Gasteiger partial charge in [0.25, 0.3) is 0 Å². The summed E-state index contributed by atoms with van der Waals surface area (Å²) in [6.45, 7) is 0. The minimum Gasteiger partial charge on any atom is -0.456 e. The molecule has 0 saturated heterocycles. The molecule has 0 bridgehead atoms. The molecule has 0 aliphatic heterocycles. The number of benzene rings is 7. The van der Waals surface area contributed by atoms with Crippen molar-refractivity contribution in [2.24, 2.45) is 0 Å². The lowest BCUT2D eigenvalue weighted by Crippen LogP contribution is -1.96. The molecule has 3 aromatic heterocycles. The number of nitrogens with zero attached hydrogens (tertiary/aromatic N) is 2. The van der Waals surface area contributed by atoms with Crippen LogP contribution in [-0.2, 0) is 0 Å². The summed E-state index contributed by atoms with van der Waals surface area (Å²) in [5.74, 6) is 0. The highest BCUT2D eigenvalue weighted by molar-refractivity contribution is 6.29. The van der Waals surface area contributed by atoms with Gasteiger partial charge >= 0.3 is 0 Å². The summed E-state index contributed by atoms with van der Waals surface area (Å²) >= 11 is 0. The van der Waals surface area contributed by atoms with Gasteiger partial charge in [-0.15, -0.1) is 0 Å². The topological polar surface area (TPSA) is 23.0 Å². The molecule has 3 nitrogen and oxygen atoms in total. The van der Waals surface area contributed by atoms with Gasteiger partial charge < -0.3 is 13.6 Å². The zero-order chi connectivity index (χ0) is 29.5. The highest BCUT2D eigenvalue weighted by Crippen LogP contribution is 2.44. The molecule has 3 heterocycles. The minimum atomic E-state index is 0.910. The Labute approximate surface area is 258 Å². The SMILES string of the molecule is c1ccc(-c2cccc(-n3c4cc5c(cc4c4c6c(ccc43)oc3ccccc36)c3ccccc3n5-c3ccccc3)c2)cc1. The van der Waals surface area contributed by atoms with E-state index in [1.54, 1.807) is 0 Å². The molecule has 10 rings (SSSR count). The van der Waals surface area contributed by atoms with Crippen LogP contribution in [0.25, 0.3) is 88.1 Å². The molecule has 0 aliphatic rings. The van der Waals surface area contributed by atoms with E-state index in [1.165, 1.54) is 49.2 Å². The first-order valence-electron chi connectivity index (χ1n) is 15.4. The Morgan fingerprint density at radius 3 is 1.87 bits per heavy atom. The molecule has 0 radical (unpaired) electrons. The Hall–Kier alpha value is -6.06. The molecule has 0 N–H and O–H groups in total. The van der Waals surface area contributed by atoms with Gasteiger partial charge in [-0.05, 0) is 71.8 Å². The first-order chi connectivity index (χ1) is 22.3. The van der Waals surface area contributed by atoms with Gasteiger partial charge in [-0.3, -0.25) is 0 Å². The van der Waals surface area contributed by atoms with Crippen molar-refractivity contribution in [2.45, 2.75) is 0 Å². The number of fused-ring (bicyclic) bond motifs is 10. The number of hydrogen-bond donors (Lipinski definition) is 0. The molecule has 0 spiro atoms. The number of rotatable bonds is 3. The fourth-order valence-corrected chi connectivity index (χ4v) is 7.37. The van der Waals surface area contributed by atoms with Crippen LogP contribution in [0.15, 0.2) is 162 Å². The van der Waals surface area contributed by atoms with Crippen molar-refractivity contribution in [3.8, 4) is 22.5 Å². The molecule has 45 heavy (non-hydrogen) atoms. The van der Waals surface area contributed by atoms with Gasteiger partial charge in [0, 0.05) is 43.7 Å². The highest BCUT2D eigenvalue weighted by Gasteiger charge is 2.22. The van der Waals surface area contributed by atoms with E-state index in [0.717, 1.165) is 38.8 Å².